The second-order valence-corrected chi connectivity index (χ2v) is 10.3. The van der Waals surface area contributed by atoms with E-state index >= 15 is 0 Å². The third-order valence-electron chi connectivity index (χ3n) is 7.30. The quantitative estimate of drug-likeness (QED) is 0.648. The van der Waals surface area contributed by atoms with Crippen molar-refractivity contribution < 1.29 is 19.1 Å². The molecule has 4 aliphatic rings. The van der Waals surface area contributed by atoms with Crippen molar-refractivity contribution in [1.29, 1.82) is 0 Å². The van der Waals surface area contributed by atoms with Crippen LogP contribution in [0, 0.1) is 29.1 Å². The van der Waals surface area contributed by atoms with E-state index in [4.69, 9.17) is 16.3 Å². The lowest BCUT2D eigenvalue weighted by Gasteiger charge is -2.55. The van der Waals surface area contributed by atoms with Crippen LogP contribution in [0.5, 0.6) is 0 Å². The maximum Gasteiger partial charge on any atom is 0.329 e. The smallest absolute Gasteiger partial charge is 0.329 e. The second-order valence-electron chi connectivity index (χ2n) is 9.90. The molecule has 1 aromatic rings. The Morgan fingerprint density at radius 1 is 1.07 bits per heavy atom. The van der Waals surface area contributed by atoms with E-state index in [1.807, 2.05) is 13.8 Å². The van der Waals surface area contributed by atoms with Crippen LogP contribution in [0.15, 0.2) is 24.3 Å². The first-order chi connectivity index (χ1) is 14.3. The summed E-state index contributed by atoms with van der Waals surface area (Å²) in [6, 6.07) is 5.86. The molecular weight excluding hydrogens is 402 g/mol. The van der Waals surface area contributed by atoms with Crippen LogP contribution in [0.4, 0.5) is 0 Å². The van der Waals surface area contributed by atoms with Crippen LogP contribution in [0.3, 0.4) is 0 Å². The highest BCUT2D eigenvalue weighted by Gasteiger charge is 2.54. The van der Waals surface area contributed by atoms with Gasteiger partial charge in [-0.15, -0.1) is 0 Å². The number of amides is 1. The van der Waals surface area contributed by atoms with Crippen molar-refractivity contribution in [3.8, 4) is 0 Å². The number of nitrogens with one attached hydrogen (secondary N) is 1. The SMILES string of the molecule is CC(C)[C@@H](NC(=O)c1ccccc1Cl)C(=O)OCC(=O)C12CC3CC(CC(C3)C1)C2. The topological polar surface area (TPSA) is 72.5 Å². The van der Waals surface area contributed by atoms with Crippen LogP contribution in [-0.2, 0) is 14.3 Å². The number of benzene rings is 1. The van der Waals surface area contributed by atoms with E-state index in [1.165, 1.54) is 19.3 Å². The Balaban J connectivity index is 1.37. The predicted octanol–water partition coefficient (Wildman–Crippen LogP) is 4.42. The molecule has 0 aromatic heterocycles. The van der Waals surface area contributed by atoms with Gasteiger partial charge in [0.25, 0.3) is 5.91 Å². The van der Waals surface area contributed by atoms with Crippen molar-refractivity contribution in [3.05, 3.63) is 34.9 Å². The summed E-state index contributed by atoms with van der Waals surface area (Å²) in [5.74, 6) is 0.873. The van der Waals surface area contributed by atoms with Gasteiger partial charge in [-0.2, -0.15) is 0 Å². The summed E-state index contributed by atoms with van der Waals surface area (Å²) in [7, 11) is 0. The summed E-state index contributed by atoms with van der Waals surface area (Å²) in [5, 5.41) is 3.05. The molecule has 0 radical (unpaired) electrons. The number of carbonyl (C=O) groups excluding carboxylic acids is 3. The molecule has 0 spiro atoms. The Hall–Kier alpha value is -1.88. The summed E-state index contributed by atoms with van der Waals surface area (Å²) >= 11 is 6.09. The molecular formula is C24H30ClNO4. The fraction of sp³-hybridized carbons (Fsp3) is 0.625. The third kappa shape index (κ3) is 4.14. The number of rotatable bonds is 7. The summed E-state index contributed by atoms with van der Waals surface area (Å²) in [6.45, 7) is 3.47. The first-order valence-electron chi connectivity index (χ1n) is 11.0. The number of hydrogen-bond acceptors (Lipinski definition) is 4. The Kier molecular flexibility index (Phi) is 5.93. The number of ether oxygens (including phenoxy) is 1. The van der Waals surface area contributed by atoms with Crippen molar-refractivity contribution >= 4 is 29.3 Å². The van der Waals surface area contributed by atoms with E-state index in [2.05, 4.69) is 5.32 Å². The summed E-state index contributed by atoms with van der Waals surface area (Å²) < 4.78 is 5.45. The van der Waals surface area contributed by atoms with Crippen LogP contribution in [0.2, 0.25) is 5.02 Å². The number of Topliss-reactive ketones (excluding diaryl/α,β-unsaturated/α-hetero) is 1. The minimum absolute atomic E-state index is 0.0647. The largest absolute Gasteiger partial charge is 0.456 e. The Bertz CT molecular complexity index is 814. The molecule has 5 nitrogen and oxygen atoms in total. The molecule has 0 saturated heterocycles. The molecule has 30 heavy (non-hydrogen) atoms. The van der Waals surface area contributed by atoms with Crippen LogP contribution < -0.4 is 5.32 Å². The van der Waals surface area contributed by atoms with Gasteiger partial charge in [0, 0.05) is 5.41 Å². The minimum atomic E-state index is -0.835. The molecule has 4 aliphatic carbocycles. The van der Waals surface area contributed by atoms with Crippen molar-refractivity contribution in [2.24, 2.45) is 29.1 Å². The van der Waals surface area contributed by atoms with Crippen molar-refractivity contribution in [2.75, 3.05) is 6.61 Å². The number of esters is 1. The fourth-order valence-electron chi connectivity index (χ4n) is 6.19. The second kappa shape index (κ2) is 8.33. The van der Waals surface area contributed by atoms with Gasteiger partial charge < -0.3 is 10.1 Å². The van der Waals surface area contributed by atoms with Crippen LogP contribution in [0.1, 0.15) is 62.7 Å². The molecule has 162 valence electrons. The molecule has 5 rings (SSSR count). The van der Waals surface area contributed by atoms with Gasteiger partial charge in [-0.25, -0.2) is 4.79 Å². The number of ketones is 1. The van der Waals surface area contributed by atoms with E-state index in [-0.39, 0.29) is 23.7 Å². The Morgan fingerprint density at radius 2 is 1.63 bits per heavy atom. The van der Waals surface area contributed by atoms with Gasteiger partial charge in [0.2, 0.25) is 0 Å². The highest BCUT2D eigenvalue weighted by molar-refractivity contribution is 6.33. The molecule has 1 aromatic carbocycles. The number of hydrogen-bond donors (Lipinski definition) is 1. The Morgan fingerprint density at radius 3 is 2.17 bits per heavy atom. The van der Waals surface area contributed by atoms with E-state index in [9.17, 15) is 14.4 Å². The highest BCUT2D eigenvalue weighted by Crippen LogP contribution is 2.60. The fourth-order valence-corrected chi connectivity index (χ4v) is 6.42. The average Bonchev–Trinajstić information content (AvgIpc) is 2.68. The number of carbonyl (C=O) groups is 3. The highest BCUT2D eigenvalue weighted by atomic mass is 35.5. The molecule has 6 heteroatoms. The van der Waals surface area contributed by atoms with E-state index in [0.29, 0.717) is 28.3 Å². The van der Waals surface area contributed by atoms with Crippen molar-refractivity contribution in [2.45, 2.75) is 58.4 Å². The van der Waals surface area contributed by atoms with E-state index in [0.717, 1.165) is 19.3 Å². The molecule has 1 amide bonds. The van der Waals surface area contributed by atoms with Gasteiger partial charge in [-0.3, -0.25) is 9.59 Å². The lowest BCUT2D eigenvalue weighted by atomic mass is 9.48. The van der Waals surface area contributed by atoms with Gasteiger partial charge >= 0.3 is 5.97 Å². The van der Waals surface area contributed by atoms with Crippen molar-refractivity contribution in [1.82, 2.24) is 5.32 Å². The first kappa shape index (κ1) is 21.4. The maximum absolute atomic E-state index is 13.1. The predicted molar refractivity (Wildman–Crippen MR) is 114 cm³/mol. The first-order valence-corrected chi connectivity index (χ1v) is 11.4. The van der Waals surface area contributed by atoms with Gasteiger partial charge in [-0.05, 0) is 74.3 Å². The molecule has 1 N–H and O–H groups in total. The lowest BCUT2D eigenvalue weighted by molar-refractivity contribution is -0.159. The van der Waals surface area contributed by atoms with E-state index < -0.39 is 17.9 Å². The van der Waals surface area contributed by atoms with Crippen LogP contribution in [-0.4, -0.2) is 30.3 Å². The monoisotopic (exact) mass is 431 g/mol. The summed E-state index contributed by atoms with van der Waals surface area (Å²) in [4.78, 5) is 38.4. The van der Waals surface area contributed by atoms with Gasteiger partial charge in [0.1, 0.15) is 6.04 Å². The molecule has 0 unspecified atom stereocenters. The third-order valence-corrected chi connectivity index (χ3v) is 7.63. The van der Waals surface area contributed by atoms with Crippen molar-refractivity contribution in [3.63, 3.8) is 0 Å². The van der Waals surface area contributed by atoms with Crippen LogP contribution >= 0.6 is 11.6 Å². The molecule has 1 atom stereocenters. The maximum atomic E-state index is 13.1. The number of halogens is 1. The zero-order valence-electron chi connectivity index (χ0n) is 17.7. The zero-order valence-corrected chi connectivity index (χ0v) is 18.4. The van der Waals surface area contributed by atoms with Gasteiger partial charge in [-0.1, -0.05) is 37.6 Å². The molecule has 0 aliphatic heterocycles. The summed E-state index contributed by atoms with van der Waals surface area (Å²) in [6.07, 6.45) is 6.63. The van der Waals surface area contributed by atoms with Gasteiger partial charge in [0.05, 0.1) is 10.6 Å². The van der Waals surface area contributed by atoms with E-state index in [1.54, 1.807) is 24.3 Å². The standard InChI is InChI=1S/C24H30ClNO4/c1-14(2)21(26-22(28)18-5-3-4-6-19(18)25)23(29)30-13-20(27)24-10-15-7-16(11-24)9-17(8-15)12-24/h3-6,14-17,21H,7-13H2,1-2H3,(H,26,28)/t15?,16?,17?,21-,24?/m1/s1. The molecule has 4 fully saturated rings. The zero-order chi connectivity index (χ0) is 21.5. The average molecular weight is 432 g/mol. The summed E-state index contributed by atoms with van der Waals surface area (Å²) in [5.41, 5.74) is 0.0191. The van der Waals surface area contributed by atoms with Gasteiger partial charge in [0.15, 0.2) is 12.4 Å². The molecule has 4 saturated carbocycles. The molecule has 4 bridgehead atoms. The molecule has 0 heterocycles. The van der Waals surface area contributed by atoms with Crippen LogP contribution in [0.25, 0.3) is 0 Å². The normalized spacial score (nSPS) is 30.2. The lowest BCUT2D eigenvalue weighted by Crippen LogP contribution is -2.51. The Labute approximate surface area is 182 Å². The minimum Gasteiger partial charge on any atom is -0.456 e.